The summed E-state index contributed by atoms with van der Waals surface area (Å²) in [6, 6.07) is 16.2. The summed E-state index contributed by atoms with van der Waals surface area (Å²) >= 11 is 3.37. The summed E-state index contributed by atoms with van der Waals surface area (Å²) in [5.74, 6) is 0.885. The van der Waals surface area contributed by atoms with E-state index < -0.39 is 0 Å². The maximum atomic E-state index is 5.53. The van der Waals surface area contributed by atoms with Crippen molar-refractivity contribution in [3.8, 4) is 16.3 Å². The van der Waals surface area contributed by atoms with Crippen LogP contribution in [0.3, 0.4) is 0 Å². The van der Waals surface area contributed by atoms with E-state index in [1.165, 1.54) is 10.6 Å². The first kappa shape index (κ1) is 16.8. The zero-order valence-corrected chi connectivity index (χ0v) is 15.8. The normalized spacial score (nSPS) is 11.7. The first-order valence-electron chi connectivity index (χ1n) is 8.14. The fraction of sp³-hybridized carbons (Fsp3) is 0.100. The monoisotopic (exact) mass is 379 g/mol. The average molecular weight is 380 g/mol. The van der Waals surface area contributed by atoms with Gasteiger partial charge in [0.1, 0.15) is 5.75 Å². The molecule has 0 saturated heterocycles. The number of nitrogens with zero attached hydrogens (tertiary/aromatic N) is 3. The number of pyridine rings is 1. The van der Waals surface area contributed by atoms with Crippen molar-refractivity contribution in [1.82, 2.24) is 9.55 Å². The third-order valence-electron chi connectivity index (χ3n) is 3.96. The molecule has 0 aliphatic rings. The summed E-state index contributed by atoms with van der Waals surface area (Å²) in [6.07, 6.45) is 3.53. The maximum absolute atomic E-state index is 5.53. The largest absolute Gasteiger partial charge is 0.496 e. The molecule has 0 N–H and O–H groups in total. The third-order valence-corrected chi connectivity index (χ3v) is 5.72. The number of thiazole rings is 1. The van der Waals surface area contributed by atoms with Crippen molar-refractivity contribution in [2.75, 3.05) is 7.11 Å². The Morgan fingerprint density at radius 2 is 2.00 bits per heavy atom. The lowest BCUT2D eigenvalue weighted by atomic mass is 10.2. The zero-order valence-electron chi connectivity index (χ0n) is 14.2. The molecule has 0 fully saturated rings. The van der Waals surface area contributed by atoms with E-state index in [1.54, 1.807) is 42.2 Å². The van der Waals surface area contributed by atoms with Crippen molar-refractivity contribution in [3.05, 3.63) is 82.0 Å². The lowest BCUT2D eigenvalue weighted by molar-refractivity contribution is 0.408. The molecule has 3 heterocycles. The van der Waals surface area contributed by atoms with Crippen LogP contribution >= 0.6 is 22.7 Å². The van der Waals surface area contributed by atoms with Gasteiger partial charge >= 0.3 is 0 Å². The van der Waals surface area contributed by atoms with Crippen molar-refractivity contribution >= 4 is 28.4 Å². The van der Waals surface area contributed by atoms with Crippen molar-refractivity contribution in [1.29, 1.82) is 0 Å². The molecule has 4 nitrogen and oxygen atoms in total. The summed E-state index contributed by atoms with van der Waals surface area (Å²) < 4.78 is 7.77. The number of aromatic nitrogens is 2. The van der Waals surface area contributed by atoms with Gasteiger partial charge in [-0.15, -0.1) is 22.7 Å². The van der Waals surface area contributed by atoms with Gasteiger partial charge < -0.3 is 9.30 Å². The van der Waals surface area contributed by atoms with Crippen LogP contribution in [0.5, 0.6) is 5.75 Å². The minimum atomic E-state index is 0.694. The van der Waals surface area contributed by atoms with E-state index in [0.717, 1.165) is 21.8 Å². The Labute approximate surface area is 159 Å². The molecule has 3 aromatic heterocycles. The summed E-state index contributed by atoms with van der Waals surface area (Å²) in [4.78, 5) is 11.1. The molecular weight excluding hydrogens is 362 g/mol. The Bertz CT molecular complexity index is 1050. The highest BCUT2D eigenvalue weighted by molar-refractivity contribution is 7.14. The van der Waals surface area contributed by atoms with Gasteiger partial charge in [0.05, 0.1) is 36.1 Å². The second kappa shape index (κ2) is 7.68. The number of hydrogen-bond acceptors (Lipinski definition) is 5. The van der Waals surface area contributed by atoms with E-state index >= 15 is 0 Å². The first-order chi connectivity index (χ1) is 12.8. The Balaban J connectivity index is 1.85. The number of benzene rings is 1. The molecule has 0 saturated carbocycles. The van der Waals surface area contributed by atoms with Gasteiger partial charge in [-0.2, -0.15) is 0 Å². The Morgan fingerprint density at radius 3 is 2.77 bits per heavy atom. The fourth-order valence-electron chi connectivity index (χ4n) is 2.73. The molecule has 0 aliphatic heterocycles. The quantitative estimate of drug-likeness (QED) is 0.491. The van der Waals surface area contributed by atoms with E-state index in [2.05, 4.69) is 38.5 Å². The SMILES string of the molecule is COc1ccccc1Cn1c(-c2cccs2)csc1=Nc1cccnc1. The molecule has 4 rings (SSSR count). The van der Waals surface area contributed by atoms with Gasteiger partial charge in [0.15, 0.2) is 4.80 Å². The maximum Gasteiger partial charge on any atom is 0.190 e. The summed E-state index contributed by atoms with van der Waals surface area (Å²) in [5, 5.41) is 4.26. The van der Waals surface area contributed by atoms with Crippen molar-refractivity contribution in [2.45, 2.75) is 6.54 Å². The molecule has 0 aliphatic carbocycles. The van der Waals surface area contributed by atoms with Gasteiger partial charge in [0.25, 0.3) is 0 Å². The molecule has 0 amide bonds. The van der Waals surface area contributed by atoms with Crippen LogP contribution in [0.4, 0.5) is 5.69 Å². The van der Waals surface area contributed by atoms with Crippen LogP contribution in [0.2, 0.25) is 0 Å². The van der Waals surface area contributed by atoms with Crippen molar-refractivity contribution in [2.24, 2.45) is 4.99 Å². The number of rotatable bonds is 5. The number of hydrogen-bond donors (Lipinski definition) is 0. The molecule has 1 aromatic carbocycles. The number of para-hydroxylation sites is 1. The van der Waals surface area contributed by atoms with Crippen LogP contribution in [0.25, 0.3) is 10.6 Å². The van der Waals surface area contributed by atoms with Crippen LogP contribution < -0.4 is 9.54 Å². The van der Waals surface area contributed by atoms with Gasteiger partial charge in [-0.3, -0.25) is 4.98 Å². The lowest BCUT2D eigenvalue weighted by Gasteiger charge is -2.11. The zero-order chi connectivity index (χ0) is 17.8. The van der Waals surface area contributed by atoms with Crippen molar-refractivity contribution in [3.63, 3.8) is 0 Å². The van der Waals surface area contributed by atoms with Crippen LogP contribution in [-0.2, 0) is 6.54 Å². The third kappa shape index (κ3) is 3.47. The van der Waals surface area contributed by atoms with E-state index in [0.29, 0.717) is 6.54 Å². The fourth-order valence-corrected chi connectivity index (χ4v) is 4.47. The predicted molar refractivity (Wildman–Crippen MR) is 107 cm³/mol. The van der Waals surface area contributed by atoms with Crippen LogP contribution in [0.1, 0.15) is 5.56 Å². The number of ether oxygens (including phenoxy) is 1. The Kier molecular flexibility index (Phi) is 4.95. The number of methoxy groups -OCH3 is 1. The van der Waals surface area contributed by atoms with E-state index in [-0.39, 0.29) is 0 Å². The smallest absolute Gasteiger partial charge is 0.190 e. The molecular formula is C20H17N3OS2. The average Bonchev–Trinajstić information content (AvgIpc) is 3.34. The second-order valence-electron chi connectivity index (χ2n) is 5.60. The molecule has 0 spiro atoms. The van der Waals surface area contributed by atoms with Crippen molar-refractivity contribution < 1.29 is 4.74 Å². The van der Waals surface area contributed by atoms with Crippen LogP contribution in [0.15, 0.2) is 76.7 Å². The number of thiophene rings is 1. The standard InChI is InChI=1S/C20H17N3OS2/c1-24-18-8-3-2-6-15(18)13-23-17(19-9-5-11-25-19)14-26-20(23)22-16-7-4-10-21-12-16/h2-12,14H,13H2,1H3. The highest BCUT2D eigenvalue weighted by Gasteiger charge is 2.12. The van der Waals surface area contributed by atoms with E-state index in [4.69, 9.17) is 9.73 Å². The molecule has 6 heteroatoms. The van der Waals surface area contributed by atoms with E-state index in [1.807, 2.05) is 30.3 Å². The topological polar surface area (TPSA) is 39.4 Å². The summed E-state index contributed by atoms with van der Waals surface area (Å²) in [5.41, 5.74) is 3.14. The Morgan fingerprint density at radius 1 is 1.08 bits per heavy atom. The highest BCUT2D eigenvalue weighted by atomic mass is 32.1. The first-order valence-corrected chi connectivity index (χ1v) is 9.90. The minimum Gasteiger partial charge on any atom is -0.496 e. The molecule has 0 unspecified atom stereocenters. The molecule has 0 radical (unpaired) electrons. The molecule has 0 bridgehead atoms. The molecule has 0 atom stereocenters. The minimum absolute atomic E-state index is 0.694. The summed E-state index contributed by atoms with van der Waals surface area (Å²) in [7, 11) is 1.71. The van der Waals surface area contributed by atoms with E-state index in [9.17, 15) is 0 Å². The van der Waals surface area contributed by atoms with Gasteiger partial charge in [-0.1, -0.05) is 24.3 Å². The molecule has 130 valence electrons. The van der Waals surface area contributed by atoms with Gasteiger partial charge in [-0.05, 0) is 29.6 Å². The molecule has 26 heavy (non-hydrogen) atoms. The lowest BCUT2D eigenvalue weighted by Crippen LogP contribution is -2.17. The highest BCUT2D eigenvalue weighted by Crippen LogP contribution is 2.27. The predicted octanol–water partition coefficient (Wildman–Crippen LogP) is 4.96. The molecule has 4 aromatic rings. The van der Waals surface area contributed by atoms with Crippen LogP contribution in [0, 0.1) is 0 Å². The van der Waals surface area contributed by atoms with Gasteiger partial charge in [-0.25, -0.2) is 4.99 Å². The second-order valence-corrected chi connectivity index (χ2v) is 7.39. The van der Waals surface area contributed by atoms with Crippen LogP contribution in [-0.4, -0.2) is 16.7 Å². The summed E-state index contributed by atoms with van der Waals surface area (Å²) in [6.45, 7) is 0.694. The van der Waals surface area contributed by atoms with Gasteiger partial charge in [0.2, 0.25) is 0 Å². The Hall–Kier alpha value is -2.70. The van der Waals surface area contributed by atoms with Gasteiger partial charge in [0, 0.05) is 17.1 Å².